The predicted molar refractivity (Wildman–Crippen MR) is 118 cm³/mol. The zero-order valence-electron chi connectivity index (χ0n) is 17.0. The van der Waals surface area contributed by atoms with Gasteiger partial charge in [0.2, 0.25) is 0 Å². The Morgan fingerprint density at radius 2 is 1.87 bits per heavy atom. The molecule has 1 amide bonds. The molecule has 2 heterocycles. The van der Waals surface area contributed by atoms with Gasteiger partial charge in [-0.05, 0) is 24.6 Å². The molecule has 0 aliphatic heterocycles. The minimum absolute atomic E-state index is 0.0652. The van der Waals surface area contributed by atoms with Gasteiger partial charge < -0.3 is 20.4 Å². The molecular formula is C23H25N5O2. The number of rotatable bonds is 8. The average molecular weight is 403 g/mol. The lowest BCUT2D eigenvalue weighted by molar-refractivity contribution is 0.0953. The molecule has 3 N–H and O–H groups in total. The van der Waals surface area contributed by atoms with Crippen molar-refractivity contribution < 1.29 is 9.53 Å². The normalized spacial score (nSPS) is 11.2. The number of imidazole rings is 1. The molecule has 154 valence electrons. The molecule has 0 saturated carbocycles. The van der Waals surface area contributed by atoms with Crippen LogP contribution in [0.2, 0.25) is 0 Å². The molecule has 0 spiro atoms. The molecule has 4 rings (SSSR count). The van der Waals surface area contributed by atoms with E-state index >= 15 is 0 Å². The summed E-state index contributed by atoms with van der Waals surface area (Å²) in [6.07, 6.45) is 1.44. The summed E-state index contributed by atoms with van der Waals surface area (Å²) in [5.74, 6) is 1.27. The van der Waals surface area contributed by atoms with Gasteiger partial charge in [-0.3, -0.25) is 4.79 Å². The lowest BCUT2D eigenvalue weighted by atomic mass is 10.2. The molecule has 7 nitrogen and oxygen atoms in total. The van der Waals surface area contributed by atoms with Crippen molar-refractivity contribution >= 4 is 33.7 Å². The van der Waals surface area contributed by atoms with E-state index in [1.54, 1.807) is 7.11 Å². The van der Waals surface area contributed by atoms with Crippen LogP contribution in [0, 0.1) is 0 Å². The van der Waals surface area contributed by atoms with Gasteiger partial charge in [-0.2, -0.15) is 0 Å². The van der Waals surface area contributed by atoms with Crippen LogP contribution in [0.4, 0.5) is 5.82 Å². The number of aromatic nitrogens is 3. The highest BCUT2D eigenvalue weighted by Gasteiger charge is 2.17. The molecule has 2 aromatic carbocycles. The first-order valence-corrected chi connectivity index (χ1v) is 10.0. The summed E-state index contributed by atoms with van der Waals surface area (Å²) in [5.41, 5.74) is 9.43. The summed E-state index contributed by atoms with van der Waals surface area (Å²) in [5, 5.41) is 4.01. The molecule has 30 heavy (non-hydrogen) atoms. The van der Waals surface area contributed by atoms with Crippen molar-refractivity contribution in [3.63, 3.8) is 0 Å². The molecule has 2 aromatic heterocycles. The van der Waals surface area contributed by atoms with Crippen LogP contribution in [0.1, 0.15) is 22.6 Å². The molecule has 0 aliphatic rings. The number of anilines is 1. The van der Waals surface area contributed by atoms with Crippen molar-refractivity contribution in [2.45, 2.75) is 19.4 Å². The van der Waals surface area contributed by atoms with E-state index in [0.29, 0.717) is 43.0 Å². The number of para-hydroxylation sites is 1. The van der Waals surface area contributed by atoms with Crippen molar-refractivity contribution in [2.75, 3.05) is 26.0 Å². The largest absolute Gasteiger partial charge is 0.384 e. The quantitative estimate of drug-likeness (QED) is 0.441. The Bertz CT molecular complexity index is 1170. The maximum atomic E-state index is 12.3. The number of methoxy groups -OCH3 is 1. The van der Waals surface area contributed by atoms with Crippen LogP contribution >= 0.6 is 0 Å². The lowest BCUT2D eigenvalue weighted by Crippen LogP contribution is -2.25. The van der Waals surface area contributed by atoms with Gasteiger partial charge in [-0.1, -0.05) is 36.4 Å². The van der Waals surface area contributed by atoms with Gasteiger partial charge >= 0.3 is 0 Å². The number of ether oxygens (including phenoxy) is 1. The summed E-state index contributed by atoms with van der Waals surface area (Å²) < 4.78 is 7.45. The lowest BCUT2D eigenvalue weighted by Gasteiger charge is -2.11. The second kappa shape index (κ2) is 8.92. The summed E-state index contributed by atoms with van der Waals surface area (Å²) in [7, 11) is 1.68. The van der Waals surface area contributed by atoms with E-state index in [2.05, 4.69) is 14.9 Å². The molecule has 0 radical (unpaired) electrons. The highest BCUT2D eigenvalue weighted by atomic mass is 16.5. The Morgan fingerprint density at radius 3 is 2.67 bits per heavy atom. The van der Waals surface area contributed by atoms with Gasteiger partial charge in [0.05, 0.1) is 17.6 Å². The van der Waals surface area contributed by atoms with E-state index in [9.17, 15) is 4.79 Å². The molecule has 0 bridgehead atoms. The Hall–Kier alpha value is -3.45. The fourth-order valence-corrected chi connectivity index (χ4v) is 3.66. The summed E-state index contributed by atoms with van der Waals surface area (Å²) >= 11 is 0. The average Bonchev–Trinajstić information content (AvgIpc) is 3.15. The van der Waals surface area contributed by atoms with Gasteiger partial charge in [-0.15, -0.1) is 0 Å². The first-order chi connectivity index (χ1) is 14.7. The van der Waals surface area contributed by atoms with Crippen LogP contribution < -0.4 is 11.1 Å². The highest BCUT2D eigenvalue weighted by Crippen LogP contribution is 2.29. The second-order valence-corrected chi connectivity index (χ2v) is 7.11. The number of fused-ring (bicyclic) bond motifs is 3. The van der Waals surface area contributed by atoms with E-state index in [1.165, 1.54) is 0 Å². The maximum Gasteiger partial charge on any atom is 0.251 e. The summed E-state index contributed by atoms with van der Waals surface area (Å²) in [4.78, 5) is 21.5. The number of amides is 1. The number of hydrogen-bond donors (Lipinski definition) is 2. The summed E-state index contributed by atoms with van der Waals surface area (Å²) in [6.45, 7) is 1.84. The van der Waals surface area contributed by atoms with Gasteiger partial charge in [0, 0.05) is 37.6 Å². The SMILES string of the molecule is COCCc1nc2c(N)nc3ccccc3c2n1CCCNC(=O)c1ccccc1. The number of carbonyl (C=O) groups excluding carboxylic acids is 1. The number of aryl methyl sites for hydroxylation is 1. The van der Waals surface area contributed by atoms with E-state index in [1.807, 2.05) is 54.6 Å². The van der Waals surface area contributed by atoms with Crippen LogP contribution in [0.15, 0.2) is 54.6 Å². The Balaban J connectivity index is 1.59. The van der Waals surface area contributed by atoms with Crippen molar-refractivity contribution in [1.29, 1.82) is 0 Å². The van der Waals surface area contributed by atoms with Crippen LogP contribution in [0.5, 0.6) is 0 Å². The minimum Gasteiger partial charge on any atom is -0.384 e. The Morgan fingerprint density at radius 1 is 1.10 bits per heavy atom. The number of pyridine rings is 1. The van der Waals surface area contributed by atoms with E-state index < -0.39 is 0 Å². The molecule has 4 aromatic rings. The zero-order valence-corrected chi connectivity index (χ0v) is 17.0. The topological polar surface area (TPSA) is 95.1 Å². The molecule has 0 aliphatic carbocycles. The zero-order chi connectivity index (χ0) is 20.9. The maximum absolute atomic E-state index is 12.3. The predicted octanol–water partition coefficient (Wildman–Crippen LogP) is 3.18. The number of carbonyl (C=O) groups is 1. The number of nitrogens with one attached hydrogen (secondary N) is 1. The first kappa shape index (κ1) is 19.8. The molecular weight excluding hydrogens is 378 g/mol. The summed E-state index contributed by atoms with van der Waals surface area (Å²) in [6, 6.07) is 17.2. The van der Waals surface area contributed by atoms with Crippen molar-refractivity contribution in [3.05, 3.63) is 66.0 Å². The molecule has 0 atom stereocenters. The van der Waals surface area contributed by atoms with Crippen LogP contribution in [-0.2, 0) is 17.7 Å². The number of nitrogens with two attached hydrogens (primary N) is 1. The highest BCUT2D eigenvalue weighted by molar-refractivity contribution is 6.06. The third-order valence-electron chi connectivity index (χ3n) is 5.10. The third-order valence-corrected chi connectivity index (χ3v) is 5.10. The fourth-order valence-electron chi connectivity index (χ4n) is 3.66. The first-order valence-electron chi connectivity index (χ1n) is 10.0. The molecule has 0 saturated heterocycles. The Labute approximate surface area is 174 Å². The van der Waals surface area contributed by atoms with Crippen molar-refractivity contribution in [3.8, 4) is 0 Å². The number of hydrogen-bond acceptors (Lipinski definition) is 5. The van der Waals surface area contributed by atoms with E-state index in [-0.39, 0.29) is 5.91 Å². The molecule has 0 fully saturated rings. The number of benzene rings is 2. The van der Waals surface area contributed by atoms with E-state index in [4.69, 9.17) is 15.5 Å². The van der Waals surface area contributed by atoms with Crippen LogP contribution in [0.25, 0.3) is 21.9 Å². The smallest absolute Gasteiger partial charge is 0.251 e. The monoisotopic (exact) mass is 403 g/mol. The Kier molecular flexibility index (Phi) is 5.90. The van der Waals surface area contributed by atoms with Crippen LogP contribution in [0.3, 0.4) is 0 Å². The number of nitrogens with zero attached hydrogens (tertiary/aromatic N) is 3. The van der Waals surface area contributed by atoms with Gasteiger partial charge in [0.1, 0.15) is 11.3 Å². The molecule has 7 heteroatoms. The van der Waals surface area contributed by atoms with E-state index in [0.717, 1.165) is 28.7 Å². The van der Waals surface area contributed by atoms with Crippen molar-refractivity contribution in [2.24, 2.45) is 0 Å². The number of nitrogen functional groups attached to an aromatic ring is 1. The standard InChI is InChI=1S/C23H25N5O2/c1-30-15-12-19-27-20-21(17-10-5-6-11-18(17)26-22(20)24)28(19)14-7-13-25-23(29)16-8-3-2-4-9-16/h2-6,8-11H,7,12-15H2,1H3,(H2,24,26)(H,25,29). The van der Waals surface area contributed by atoms with Gasteiger partial charge in [-0.25, -0.2) is 9.97 Å². The fraction of sp³-hybridized carbons (Fsp3) is 0.261. The minimum atomic E-state index is -0.0652. The van der Waals surface area contributed by atoms with Crippen LogP contribution in [-0.4, -0.2) is 40.7 Å². The molecule has 0 unspecified atom stereocenters. The van der Waals surface area contributed by atoms with Gasteiger partial charge in [0.15, 0.2) is 5.82 Å². The third kappa shape index (κ3) is 3.97. The van der Waals surface area contributed by atoms with Crippen molar-refractivity contribution in [1.82, 2.24) is 19.9 Å². The van der Waals surface area contributed by atoms with Gasteiger partial charge in [0.25, 0.3) is 5.91 Å². The second-order valence-electron chi connectivity index (χ2n) is 7.11.